The molecule has 1 aliphatic rings. The minimum atomic E-state index is -0.478. The SMILES string of the molecule is Cc1nnc([C@H]2C[C@@H](O)CN2c2cncc(OCC(C)C)n2)o1. The predicted octanol–water partition coefficient (Wildman–Crippen LogP) is 1.52. The molecule has 1 N–H and O–H groups in total. The third-order valence-corrected chi connectivity index (χ3v) is 3.56. The van der Waals surface area contributed by atoms with Crippen molar-refractivity contribution in [2.45, 2.75) is 39.3 Å². The Morgan fingerprint density at radius 1 is 1.39 bits per heavy atom. The van der Waals surface area contributed by atoms with E-state index in [1.54, 1.807) is 19.3 Å². The first-order chi connectivity index (χ1) is 11.0. The minimum absolute atomic E-state index is 0.208. The zero-order chi connectivity index (χ0) is 16.4. The Hall–Kier alpha value is -2.22. The summed E-state index contributed by atoms with van der Waals surface area (Å²) in [6.45, 7) is 6.90. The van der Waals surface area contributed by atoms with Crippen LogP contribution in [-0.2, 0) is 0 Å². The molecule has 0 aromatic carbocycles. The van der Waals surface area contributed by atoms with Crippen LogP contribution < -0.4 is 9.64 Å². The first-order valence-electron chi connectivity index (χ1n) is 7.72. The smallest absolute Gasteiger partial charge is 0.238 e. The highest BCUT2D eigenvalue weighted by Crippen LogP contribution is 2.35. The van der Waals surface area contributed by atoms with E-state index in [0.717, 1.165) is 0 Å². The molecule has 0 amide bonds. The topological polar surface area (TPSA) is 97.4 Å². The molecule has 0 saturated carbocycles. The van der Waals surface area contributed by atoms with Crippen molar-refractivity contribution >= 4 is 5.82 Å². The molecule has 8 nitrogen and oxygen atoms in total. The Morgan fingerprint density at radius 3 is 2.91 bits per heavy atom. The lowest BCUT2D eigenvalue weighted by Crippen LogP contribution is -2.25. The lowest BCUT2D eigenvalue weighted by atomic mass is 10.2. The summed E-state index contributed by atoms with van der Waals surface area (Å²) in [6.07, 6.45) is 3.27. The number of aliphatic hydroxyl groups excluding tert-OH is 1. The Labute approximate surface area is 134 Å². The van der Waals surface area contributed by atoms with Gasteiger partial charge in [-0.15, -0.1) is 10.2 Å². The first-order valence-corrected chi connectivity index (χ1v) is 7.72. The van der Waals surface area contributed by atoms with E-state index in [-0.39, 0.29) is 6.04 Å². The molecule has 3 heterocycles. The van der Waals surface area contributed by atoms with Crippen LogP contribution in [0.1, 0.15) is 38.1 Å². The van der Waals surface area contributed by atoms with Gasteiger partial charge in [-0.2, -0.15) is 4.98 Å². The van der Waals surface area contributed by atoms with Crippen molar-refractivity contribution in [3.05, 3.63) is 24.2 Å². The largest absolute Gasteiger partial charge is 0.476 e. The van der Waals surface area contributed by atoms with Crippen molar-refractivity contribution in [1.29, 1.82) is 0 Å². The van der Waals surface area contributed by atoms with Crippen LogP contribution in [0.3, 0.4) is 0 Å². The Balaban J connectivity index is 1.82. The van der Waals surface area contributed by atoms with E-state index in [4.69, 9.17) is 9.15 Å². The fourth-order valence-electron chi connectivity index (χ4n) is 2.55. The second-order valence-corrected chi connectivity index (χ2v) is 6.14. The van der Waals surface area contributed by atoms with Gasteiger partial charge in [0.1, 0.15) is 6.04 Å². The third kappa shape index (κ3) is 3.58. The molecule has 2 aromatic heterocycles. The van der Waals surface area contributed by atoms with Gasteiger partial charge in [0.2, 0.25) is 17.7 Å². The molecule has 23 heavy (non-hydrogen) atoms. The second kappa shape index (κ2) is 6.49. The molecule has 0 unspecified atom stereocenters. The van der Waals surface area contributed by atoms with Gasteiger partial charge in [0.15, 0.2) is 5.82 Å². The fraction of sp³-hybridized carbons (Fsp3) is 0.600. The maximum atomic E-state index is 10.0. The molecule has 8 heteroatoms. The van der Waals surface area contributed by atoms with Crippen LogP contribution >= 0.6 is 0 Å². The van der Waals surface area contributed by atoms with Crippen molar-refractivity contribution < 1.29 is 14.3 Å². The Morgan fingerprint density at radius 2 is 2.22 bits per heavy atom. The van der Waals surface area contributed by atoms with Gasteiger partial charge in [-0.3, -0.25) is 4.98 Å². The number of anilines is 1. The molecular formula is C15H21N5O3. The lowest BCUT2D eigenvalue weighted by molar-refractivity contribution is 0.192. The van der Waals surface area contributed by atoms with E-state index in [0.29, 0.717) is 49.0 Å². The van der Waals surface area contributed by atoms with Crippen LogP contribution in [0.25, 0.3) is 0 Å². The van der Waals surface area contributed by atoms with Gasteiger partial charge < -0.3 is 19.2 Å². The number of aryl methyl sites for hydroxylation is 1. The monoisotopic (exact) mass is 319 g/mol. The molecule has 3 rings (SSSR count). The highest BCUT2D eigenvalue weighted by Gasteiger charge is 2.36. The molecule has 2 aromatic rings. The summed E-state index contributed by atoms with van der Waals surface area (Å²) in [5.74, 6) is 2.49. The van der Waals surface area contributed by atoms with Crippen molar-refractivity contribution in [3.63, 3.8) is 0 Å². The molecule has 124 valence electrons. The maximum Gasteiger partial charge on any atom is 0.238 e. The number of nitrogens with zero attached hydrogens (tertiary/aromatic N) is 5. The van der Waals surface area contributed by atoms with E-state index >= 15 is 0 Å². The van der Waals surface area contributed by atoms with Gasteiger partial charge >= 0.3 is 0 Å². The number of β-amino-alcohol motifs (C(OH)–C–C–N with tert-alkyl or cyclic N) is 1. The molecule has 0 spiro atoms. The van der Waals surface area contributed by atoms with Gasteiger partial charge in [-0.25, -0.2) is 0 Å². The highest BCUT2D eigenvalue weighted by atomic mass is 16.5. The Bertz CT molecular complexity index is 660. The summed E-state index contributed by atoms with van der Waals surface area (Å²) in [7, 11) is 0. The average molecular weight is 319 g/mol. The van der Waals surface area contributed by atoms with Gasteiger partial charge in [-0.1, -0.05) is 13.8 Å². The van der Waals surface area contributed by atoms with E-state index < -0.39 is 6.10 Å². The maximum absolute atomic E-state index is 10.0. The number of hydrogen-bond acceptors (Lipinski definition) is 8. The van der Waals surface area contributed by atoms with Crippen molar-refractivity contribution in [3.8, 4) is 5.88 Å². The minimum Gasteiger partial charge on any atom is -0.476 e. The molecule has 1 fully saturated rings. The van der Waals surface area contributed by atoms with E-state index in [9.17, 15) is 5.11 Å². The van der Waals surface area contributed by atoms with Crippen LogP contribution in [0.15, 0.2) is 16.8 Å². The summed E-state index contributed by atoms with van der Waals surface area (Å²) >= 11 is 0. The molecule has 1 saturated heterocycles. The number of ether oxygens (including phenoxy) is 1. The van der Waals surface area contributed by atoms with E-state index in [2.05, 4.69) is 34.0 Å². The summed E-state index contributed by atoms with van der Waals surface area (Å²) in [5, 5.41) is 18.0. The quantitative estimate of drug-likeness (QED) is 0.886. The fourth-order valence-corrected chi connectivity index (χ4v) is 2.55. The van der Waals surface area contributed by atoms with Crippen molar-refractivity contribution in [1.82, 2.24) is 20.2 Å². The van der Waals surface area contributed by atoms with Crippen LogP contribution in [0.5, 0.6) is 5.88 Å². The van der Waals surface area contributed by atoms with Gasteiger partial charge in [-0.05, 0) is 5.92 Å². The van der Waals surface area contributed by atoms with Crippen LogP contribution in [0.2, 0.25) is 0 Å². The van der Waals surface area contributed by atoms with Crippen molar-refractivity contribution in [2.75, 3.05) is 18.1 Å². The summed E-state index contributed by atoms with van der Waals surface area (Å²) in [6, 6.07) is -0.208. The summed E-state index contributed by atoms with van der Waals surface area (Å²) in [5.41, 5.74) is 0. The lowest BCUT2D eigenvalue weighted by Gasteiger charge is -2.22. The van der Waals surface area contributed by atoms with Crippen LogP contribution in [-0.4, -0.2) is 44.5 Å². The standard InChI is InChI=1S/C15H21N5O3/c1-9(2)8-22-14-6-16-5-13(17-14)20-7-11(21)4-12(20)15-19-18-10(3)23-15/h5-6,9,11-12,21H,4,7-8H2,1-3H3/t11-,12-/m1/s1. The van der Waals surface area contributed by atoms with Gasteiger partial charge in [0.05, 0.1) is 25.1 Å². The van der Waals surface area contributed by atoms with Crippen molar-refractivity contribution in [2.24, 2.45) is 5.92 Å². The summed E-state index contributed by atoms with van der Waals surface area (Å²) in [4.78, 5) is 10.6. The molecule has 0 radical (unpaired) electrons. The van der Waals surface area contributed by atoms with Crippen LogP contribution in [0.4, 0.5) is 5.82 Å². The molecule has 2 atom stereocenters. The second-order valence-electron chi connectivity index (χ2n) is 6.14. The molecule has 1 aliphatic heterocycles. The molecule has 0 aliphatic carbocycles. The first kappa shape index (κ1) is 15.7. The normalized spacial score (nSPS) is 21.2. The highest BCUT2D eigenvalue weighted by molar-refractivity contribution is 5.42. The number of aromatic nitrogens is 4. The van der Waals surface area contributed by atoms with E-state index in [1.165, 1.54) is 0 Å². The Kier molecular flexibility index (Phi) is 4.42. The molecule has 0 bridgehead atoms. The van der Waals surface area contributed by atoms with Gasteiger partial charge in [0, 0.05) is 19.9 Å². The van der Waals surface area contributed by atoms with Gasteiger partial charge in [0.25, 0.3) is 0 Å². The number of aliphatic hydroxyl groups is 1. The number of hydrogen-bond donors (Lipinski definition) is 1. The third-order valence-electron chi connectivity index (χ3n) is 3.56. The average Bonchev–Trinajstić information content (AvgIpc) is 3.11. The zero-order valence-corrected chi connectivity index (χ0v) is 13.5. The summed E-state index contributed by atoms with van der Waals surface area (Å²) < 4.78 is 11.1. The van der Waals surface area contributed by atoms with Crippen LogP contribution in [0, 0.1) is 12.8 Å². The predicted molar refractivity (Wildman–Crippen MR) is 82.1 cm³/mol. The molecular weight excluding hydrogens is 298 g/mol. The van der Waals surface area contributed by atoms with E-state index in [1.807, 2.05) is 4.90 Å². The number of rotatable bonds is 5. The zero-order valence-electron chi connectivity index (χ0n) is 13.5.